The van der Waals surface area contributed by atoms with Crippen LogP contribution in [-0.4, -0.2) is 15.6 Å². The molecule has 1 heterocycles. The number of hydrogen-bond donors (Lipinski definition) is 1. The van der Waals surface area contributed by atoms with Crippen molar-refractivity contribution >= 4 is 16.9 Å². The Morgan fingerprint density at radius 2 is 2.19 bits per heavy atom. The van der Waals surface area contributed by atoms with E-state index in [2.05, 4.69) is 6.92 Å². The molecule has 2 aromatic rings. The third-order valence-electron chi connectivity index (χ3n) is 2.84. The summed E-state index contributed by atoms with van der Waals surface area (Å²) in [6.07, 6.45) is 3.97. The highest BCUT2D eigenvalue weighted by Crippen LogP contribution is 2.25. The fourth-order valence-corrected chi connectivity index (χ4v) is 2.18. The van der Waals surface area contributed by atoms with E-state index in [0.717, 1.165) is 29.3 Å². The molecule has 0 amide bonds. The van der Waals surface area contributed by atoms with E-state index in [1.54, 1.807) is 12.1 Å². The Hall–Kier alpha value is -1.77. The first-order valence-corrected chi connectivity index (χ1v) is 5.45. The summed E-state index contributed by atoms with van der Waals surface area (Å²) >= 11 is 0. The van der Waals surface area contributed by atoms with Gasteiger partial charge in [-0.1, -0.05) is 19.4 Å². The maximum atomic E-state index is 11.2. The van der Waals surface area contributed by atoms with Crippen LogP contribution in [0.15, 0.2) is 24.4 Å². The second-order valence-electron chi connectivity index (χ2n) is 4.02. The number of aryl methyl sites for hydroxylation is 2. The smallest absolute Gasteiger partial charge is 0.336 e. The highest BCUT2D eigenvalue weighted by atomic mass is 16.4. The molecule has 0 saturated carbocycles. The van der Waals surface area contributed by atoms with Gasteiger partial charge in [0.25, 0.3) is 0 Å². The van der Waals surface area contributed by atoms with Crippen LogP contribution in [0.4, 0.5) is 0 Å². The second kappa shape index (κ2) is 4.00. The number of carboxylic acid groups (broad SMARTS) is 1. The number of aromatic carboxylic acids is 1. The van der Waals surface area contributed by atoms with E-state index in [1.165, 1.54) is 0 Å². The summed E-state index contributed by atoms with van der Waals surface area (Å²) in [5, 5.41) is 10.1. The third kappa shape index (κ3) is 1.58. The molecule has 1 N–H and O–H groups in total. The maximum absolute atomic E-state index is 11.2. The van der Waals surface area contributed by atoms with Crippen LogP contribution in [0.2, 0.25) is 0 Å². The zero-order chi connectivity index (χ0) is 11.7. The molecule has 0 radical (unpaired) electrons. The first kappa shape index (κ1) is 10.7. The number of fused-ring (bicyclic) bond motifs is 1. The lowest BCUT2D eigenvalue weighted by Gasteiger charge is -2.01. The van der Waals surface area contributed by atoms with Crippen molar-refractivity contribution in [2.45, 2.75) is 19.8 Å². The van der Waals surface area contributed by atoms with Gasteiger partial charge in [-0.2, -0.15) is 0 Å². The van der Waals surface area contributed by atoms with Crippen molar-refractivity contribution in [1.82, 2.24) is 4.57 Å². The average Bonchev–Trinajstić information content (AvgIpc) is 2.57. The van der Waals surface area contributed by atoms with E-state index in [-0.39, 0.29) is 0 Å². The Morgan fingerprint density at radius 3 is 2.81 bits per heavy atom. The largest absolute Gasteiger partial charge is 0.478 e. The molecule has 3 heteroatoms. The van der Waals surface area contributed by atoms with Crippen molar-refractivity contribution in [3.8, 4) is 0 Å². The number of carboxylic acids is 1. The normalized spacial score (nSPS) is 10.9. The molecule has 0 aliphatic carbocycles. The number of carbonyl (C=O) groups is 1. The van der Waals surface area contributed by atoms with Gasteiger partial charge in [-0.05, 0) is 24.1 Å². The molecular weight excluding hydrogens is 202 g/mol. The van der Waals surface area contributed by atoms with Crippen LogP contribution in [0.1, 0.15) is 29.3 Å². The number of hydrogen-bond acceptors (Lipinski definition) is 1. The Morgan fingerprint density at radius 1 is 1.44 bits per heavy atom. The zero-order valence-electron chi connectivity index (χ0n) is 9.53. The molecule has 3 nitrogen and oxygen atoms in total. The first-order valence-electron chi connectivity index (χ1n) is 5.45. The van der Waals surface area contributed by atoms with Gasteiger partial charge >= 0.3 is 5.97 Å². The number of benzene rings is 1. The Kier molecular flexibility index (Phi) is 2.69. The van der Waals surface area contributed by atoms with Gasteiger partial charge in [0.1, 0.15) is 0 Å². The summed E-state index contributed by atoms with van der Waals surface area (Å²) in [7, 11) is 1.95. The minimum atomic E-state index is -0.853. The lowest BCUT2D eigenvalue weighted by atomic mass is 10.0. The van der Waals surface area contributed by atoms with Crippen molar-refractivity contribution in [3.63, 3.8) is 0 Å². The fourth-order valence-electron chi connectivity index (χ4n) is 2.18. The average molecular weight is 217 g/mol. The molecule has 0 saturated heterocycles. The van der Waals surface area contributed by atoms with Crippen LogP contribution in [-0.2, 0) is 13.5 Å². The zero-order valence-corrected chi connectivity index (χ0v) is 9.53. The van der Waals surface area contributed by atoms with Crippen molar-refractivity contribution < 1.29 is 9.90 Å². The van der Waals surface area contributed by atoms with Gasteiger partial charge in [-0.15, -0.1) is 0 Å². The van der Waals surface area contributed by atoms with Crippen molar-refractivity contribution in [1.29, 1.82) is 0 Å². The Bertz CT molecular complexity index is 540. The maximum Gasteiger partial charge on any atom is 0.336 e. The topological polar surface area (TPSA) is 42.2 Å². The first-order chi connectivity index (χ1) is 7.65. The molecule has 16 heavy (non-hydrogen) atoms. The summed E-state index contributed by atoms with van der Waals surface area (Å²) in [5.41, 5.74) is 2.52. The SMILES string of the molecule is CCCc1cn(C)c2cccc(C(=O)O)c12. The molecule has 1 aromatic heterocycles. The summed E-state index contributed by atoms with van der Waals surface area (Å²) < 4.78 is 1.99. The van der Waals surface area contributed by atoms with Crippen LogP contribution in [0.3, 0.4) is 0 Å². The number of rotatable bonds is 3. The monoisotopic (exact) mass is 217 g/mol. The highest BCUT2D eigenvalue weighted by molar-refractivity contribution is 6.04. The molecular formula is C13H15NO2. The van der Waals surface area contributed by atoms with Gasteiger partial charge in [-0.25, -0.2) is 4.79 Å². The molecule has 0 aliphatic rings. The lowest BCUT2D eigenvalue weighted by Crippen LogP contribution is -1.98. The Balaban J connectivity index is 2.77. The van der Waals surface area contributed by atoms with E-state index in [0.29, 0.717) is 5.56 Å². The second-order valence-corrected chi connectivity index (χ2v) is 4.02. The third-order valence-corrected chi connectivity index (χ3v) is 2.84. The lowest BCUT2D eigenvalue weighted by molar-refractivity contribution is 0.0699. The van der Waals surface area contributed by atoms with E-state index in [9.17, 15) is 9.90 Å². The van der Waals surface area contributed by atoms with Crippen LogP contribution < -0.4 is 0 Å². The van der Waals surface area contributed by atoms with Crippen molar-refractivity contribution in [2.75, 3.05) is 0 Å². The highest BCUT2D eigenvalue weighted by Gasteiger charge is 2.14. The summed E-state index contributed by atoms with van der Waals surface area (Å²) in [4.78, 5) is 11.2. The molecule has 0 atom stereocenters. The molecule has 2 rings (SSSR count). The molecule has 0 fully saturated rings. The van der Waals surface area contributed by atoms with Crippen molar-refractivity contribution in [3.05, 3.63) is 35.5 Å². The van der Waals surface area contributed by atoms with Gasteiger partial charge in [0.15, 0.2) is 0 Å². The molecule has 0 bridgehead atoms. The predicted octanol–water partition coefficient (Wildman–Crippen LogP) is 2.83. The minimum Gasteiger partial charge on any atom is -0.478 e. The Labute approximate surface area is 94.3 Å². The molecule has 0 unspecified atom stereocenters. The quantitative estimate of drug-likeness (QED) is 0.859. The van der Waals surface area contributed by atoms with Crippen LogP contribution in [0.25, 0.3) is 10.9 Å². The molecule has 0 aliphatic heterocycles. The van der Waals surface area contributed by atoms with E-state index < -0.39 is 5.97 Å². The van der Waals surface area contributed by atoms with Gasteiger partial charge < -0.3 is 9.67 Å². The van der Waals surface area contributed by atoms with Crippen LogP contribution in [0, 0.1) is 0 Å². The fraction of sp³-hybridized carbons (Fsp3) is 0.308. The van der Waals surface area contributed by atoms with Crippen LogP contribution >= 0.6 is 0 Å². The van der Waals surface area contributed by atoms with Gasteiger partial charge in [0, 0.05) is 24.1 Å². The molecule has 84 valence electrons. The molecule has 1 aromatic carbocycles. The van der Waals surface area contributed by atoms with Gasteiger partial charge in [0.05, 0.1) is 5.56 Å². The van der Waals surface area contributed by atoms with Gasteiger partial charge in [0.2, 0.25) is 0 Å². The van der Waals surface area contributed by atoms with E-state index >= 15 is 0 Å². The minimum absolute atomic E-state index is 0.404. The summed E-state index contributed by atoms with van der Waals surface area (Å²) in [5.74, 6) is -0.853. The number of nitrogens with zero attached hydrogens (tertiary/aromatic N) is 1. The van der Waals surface area contributed by atoms with Crippen molar-refractivity contribution in [2.24, 2.45) is 7.05 Å². The van der Waals surface area contributed by atoms with Crippen LogP contribution in [0.5, 0.6) is 0 Å². The molecule has 0 spiro atoms. The summed E-state index contributed by atoms with van der Waals surface area (Å²) in [6.45, 7) is 2.10. The number of aromatic nitrogens is 1. The van der Waals surface area contributed by atoms with E-state index in [4.69, 9.17) is 0 Å². The predicted molar refractivity (Wildman–Crippen MR) is 63.9 cm³/mol. The standard InChI is InChI=1S/C13H15NO2/c1-3-5-9-8-14(2)11-7-4-6-10(12(9)11)13(15)16/h4,6-8H,3,5H2,1-2H3,(H,15,16). The van der Waals surface area contributed by atoms with E-state index in [1.807, 2.05) is 23.9 Å². The summed E-state index contributed by atoms with van der Waals surface area (Å²) in [6, 6.07) is 5.42. The van der Waals surface area contributed by atoms with Gasteiger partial charge in [-0.3, -0.25) is 0 Å².